The molecule has 0 unspecified atom stereocenters. The van der Waals surface area contributed by atoms with E-state index in [2.05, 4.69) is 20.1 Å². The molecule has 190 valence electrons. The molecule has 0 atom stereocenters. The SMILES string of the molecule is Cc1cc(NC2CCC(N(OC(=O)C(F)(F)F)C(=O)c3ccc(Cl)c(Cl)c3)CC2)nc(N(C)C)n1. The summed E-state index contributed by atoms with van der Waals surface area (Å²) in [6, 6.07) is 4.85. The van der Waals surface area contributed by atoms with Crippen LogP contribution in [0.5, 0.6) is 0 Å². The number of halogens is 5. The molecule has 2 aromatic rings. The molecular weight excluding hydrogens is 510 g/mol. The molecule has 8 nitrogen and oxygen atoms in total. The van der Waals surface area contributed by atoms with Crippen molar-refractivity contribution in [2.24, 2.45) is 0 Å². The van der Waals surface area contributed by atoms with Crippen LogP contribution in [0.2, 0.25) is 10.0 Å². The third-order valence-electron chi connectivity index (χ3n) is 5.40. The van der Waals surface area contributed by atoms with E-state index >= 15 is 0 Å². The lowest BCUT2D eigenvalue weighted by Gasteiger charge is -2.35. The van der Waals surface area contributed by atoms with Gasteiger partial charge in [0.15, 0.2) is 0 Å². The number of nitrogens with one attached hydrogen (secondary N) is 1. The van der Waals surface area contributed by atoms with Gasteiger partial charge >= 0.3 is 12.1 Å². The molecule has 3 rings (SSSR count). The van der Waals surface area contributed by atoms with Crippen LogP contribution in [0.1, 0.15) is 41.7 Å². The lowest BCUT2D eigenvalue weighted by atomic mass is 9.90. The highest BCUT2D eigenvalue weighted by molar-refractivity contribution is 6.42. The first-order valence-electron chi connectivity index (χ1n) is 10.7. The highest BCUT2D eigenvalue weighted by atomic mass is 35.5. The average Bonchev–Trinajstić information content (AvgIpc) is 2.78. The fourth-order valence-electron chi connectivity index (χ4n) is 3.67. The van der Waals surface area contributed by atoms with Crippen LogP contribution in [0.4, 0.5) is 24.9 Å². The van der Waals surface area contributed by atoms with Gasteiger partial charge in [0.25, 0.3) is 5.91 Å². The summed E-state index contributed by atoms with van der Waals surface area (Å²) >= 11 is 11.8. The lowest BCUT2D eigenvalue weighted by molar-refractivity contribution is -0.235. The fraction of sp³-hybridized carbons (Fsp3) is 0.455. The average molecular weight is 534 g/mol. The number of hydrogen-bond acceptors (Lipinski definition) is 7. The second kappa shape index (κ2) is 10.9. The van der Waals surface area contributed by atoms with Crippen molar-refractivity contribution in [3.05, 3.63) is 45.6 Å². The highest BCUT2D eigenvalue weighted by Crippen LogP contribution is 2.30. The number of aryl methyl sites for hydroxylation is 1. The maximum atomic E-state index is 13.0. The molecule has 1 aliphatic rings. The van der Waals surface area contributed by atoms with E-state index in [0.29, 0.717) is 42.5 Å². The van der Waals surface area contributed by atoms with E-state index in [4.69, 9.17) is 23.2 Å². The van der Waals surface area contributed by atoms with E-state index < -0.39 is 24.1 Å². The normalized spacial score (nSPS) is 18.1. The number of hydrogen-bond donors (Lipinski definition) is 1. The van der Waals surface area contributed by atoms with Crippen LogP contribution in [0.15, 0.2) is 24.3 Å². The molecule has 13 heteroatoms. The van der Waals surface area contributed by atoms with Gasteiger partial charge in [0.1, 0.15) is 5.82 Å². The molecule has 1 heterocycles. The summed E-state index contributed by atoms with van der Waals surface area (Å²) in [6.45, 7) is 1.85. The van der Waals surface area contributed by atoms with Gasteiger partial charge in [-0.15, -0.1) is 0 Å². The van der Waals surface area contributed by atoms with Crippen molar-refractivity contribution in [3.63, 3.8) is 0 Å². The van der Waals surface area contributed by atoms with E-state index in [-0.39, 0.29) is 21.7 Å². The van der Waals surface area contributed by atoms with Gasteiger partial charge in [0, 0.05) is 37.5 Å². The van der Waals surface area contributed by atoms with Gasteiger partial charge in [-0.25, -0.2) is 9.78 Å². The largest absolute Gasteiger partial charge is 0.493 e. The van der Waals surface area contributed by atoms with Gasteiger partial charge in [-0.05, 0) is 50.8 Å². The summed E-state index contributed by atoms with van der Waals surface area (Å²) in [4.78, 5) is 39.7. The van der Waals surface area contributed by atoms with E-state index in [1.165, 1.54) is 18.2 Å². The molecule has 0 spiro atoms. The van der Waals surface area contributed by atoms with Crippen molar-refractivity contribution in [1.29, 1.82) is 0 Å². The summed E-state index contributed by atoms with van der Waals surface area (Å²) in [5.41, 5.74) is 0.722. The summed E-state index contributed by atoms with van der Waals surface area (Å²) in [6.07, 6.45) is -3.68. The second-order valence-electron chi connectivity index (χ2n) is 8.38. The van der Waals surface area contributed by atoms with Crippen molar-refractivity contribution < 1.29 is 27.6 Å². The van der Waals surface area contributed by atoms with Gasteiger partial charge in [-0.2, -0.15) is 23.2 Å². The molecule has 0 saturated heterocycles. The van der Waals surface area contributed by atoms with Crippen LogP contribution < -0.4 is 10.2 Å². The van der Waals surface area contributed by atoms with Gasteiger partial charge in [-0.3, -0.25) is 4.79 Å². The van der Waals surface area contributed by atoms with Gasteiger partial charge in [0.2, 0.25) is 5.95 Å². The molecule has 1 N–H and O–H groups in total. The first-order chi connectivity index (χ1) is 16.3. The Balaban J connectivity index is 1.74. The number of rotatable bonds is 5. The van der Waals surface area contributed by atoms with Crippen LogP contribution in [-0.4, -0.2) is 59.3 Å². The molecule has 1 aromatic carbocycles. The molecule has 0 radical (unpaired) electrons. The molecule has 0 aliphatic heterocycles. The van der Waals surface area contributed by atoms with E-state index in [1.807, 2.05) is 21.0 Å². The summed E-state index contributed by atoms with van der Waals surface area (Å²) < 4.78 is 38.7. The third kappa shape index (κ3) is 6.88. The van der Waals surface area contributed by atoms with Crippen LogP contribution in [0.3, 0.4) is 0 Å². The van der Waals surface area contributed by atoms with Gasteiger partial charge < -0.3 is 15.1 Å². The van der Waals surface area contributed by atoms with Crippen LogP contribution >= 0.6 is 23.2 Å². The van der Waals surface area contributed by atoms with Crippen molar-refractivity contribution in [3.8, 4) is 0 Å². The van der Waals surface area contributed by atoms with Crippen molar-refractivity contribution in [1.82, 2.24) is 15.0 Å². The van der Waals surface area contributed by atoms with E-state index in [1.54, 1.807) is 11.0 Å². The Bertz CT molecular complexity index is 1090. The zero-order valence-corrected chi connectivity index (χ0v) is 20.7. The number of carbonyl (C=O) groups is 2. The molecule has 1 aromatic heterocycles. The Kier molecular flexibility index (Phi) is 8.32. The Morgan fingerprint density at radius 1 is 1.06 bits per heavy atom. The number of alkyl halides is 3. The number of carbonyl (C=O) groups excluding carboxylic acids is 2. The smallest absolute Gasteiger partial charge is 0.367 e. The highest BCUT2D eigenvalue weighted by Gasteiger charge is 2.45. The fourth-order valence-corrected chi connectivity index (χ4v) is 3.97. The zero-order valence-electron chi connectivity index (χ0n) is 19.2. The zero-order chi connectivity index (χ0) is 25.9. The second-order valence-corrected chi connectivity index (χ2v) is 9.19. The predicted octanol–water partition coefficient (Wildman–Crippen LogP) is 5.04. The minimum atomic E-state index is -5.26. The number of amides is 1. The molecule has 1 amide bonds. The number of hydroxylamine groups is 2. The molecular formula is C22H24Cl2F3N5O3. The molecule has 1 aliphatic carbocycles. The minimum Gasteiger partial charge on any atom is -0.367 e. The number of benzene rings is 1. The Morgan fingerprint density at radius 3 is 2.29 bits per heavy atom. The van der Waals surface area contributed by atoms with Crippen molar-refractivity contribution >= 4 is 46.8 Å². The molecule has 1 fully saturated rings. The maximum absolute atomic E-state index is 13.0. The number of nitrogens with zero attached hydrogens (tertiary/aromatic N) is 4. The monoisotopic (exact) mass is 533 g/mol. The van der Waals surface area contributed by atoms with Crippen LogP contribution in [0, 0.1) is 6.92 Å². The summed E-state index contributed by atoms with van der Waals surface area (Å²) in [7, 11) is 3.65. The lowest BCUT2D eigenvalue weighted by Crippen LogP contribution is -2.47. The maximum Gasteiger partial charge on any atom is 0.493 e. The third-order valence-corrected chi connectivity index (χ3v) is 6.14. The van der Waals surface area contributed by atoms with Crippen molar-refractivity contribution in [2.75, 3.05) is 24.3 Å². The Morgan fingerprint density at radius 2 is 1.71 bits per heavy atom. The minimum absolute atomic E-state index is 0.0455. The molecule has 0 bridgehead atoms. The standard InChI is InChI=1S/C22H24Cl2F3N5O3/c1-12-10-18(30-21(28-12)31(2)3)29-14-5-7-15(8-6-14)32(35-20(34)22(25,26)27)19(33)13-4-9-16(23)17(24)11-13/h4,9-11,14-15H,5-8H2,1-3H3,(H,28,29,30). The van der Waals surface area contributed by atoms with Gasteiger partial charge in [0.05, 0.1) is 16.1 Å². The number of anilines is 2. The molecule has 35 heavy (non-hydrogen) atoms. The Labute approximate surface area is 210 Å². The van der Waals surface area contributed by atoms with E-state index in [9.17, 15) is 22.8 Å². The van der Waals surface area contributed by atoms with Crippen LogP contribution in [-0.2, 0) is 9.63 Å². The topological polar surface area (TPSA) is 87.7 Å². The quantitative estimate of drug-likeness (QED) is 0.538. The first-order valence-corrected chi connectivity index (χ1v) is 11.5. The summed E-state index contributed by atoms with van der Waals surface area (Å²) in [5, 5.41) is 4.04. The molecule has 1 saturated carbocycles. The first kappa shape index (κ1) is 26.8. The predicted molar refractivity (Wildman–Crippen MR) is 126 cm³/mol. The Hall–Kier alpha value is -2.79. The van der Waals surface area contributed by atoms with Crippen molar-refractivity contribution in [2.45, 2.75) is 50.9 Å². The van der Waals surface area contributed by atoms with Gasteiger partial charge in [-0.1, -0.05) is 23.2 Å². The summed E-state index contributed by atoms with van der Waals surface area (Å²) in [5.74, 6) is -2.23. The van der Waals surface area contributed by atoms with Crippen LogP contribution in [0.25, 0.3) is 0 Å². The van der Waals surface area contributed by atoms with E-state index in [0.717, 1.165) is 5.69 Å². The number of aromatic nitrogens is 2.